The van der Waals surface area contributed by atoms with Crippen LogP contribution in [0.2, 0.25) is 0 Å². The molecule has 0 bridgehead atoms. The maximum atomic E-state index is 5.26. The predicted octanol–water partition coefficient (Wildman–Crippen LogP) is 4.99. The van der Waals surface area contributed by atoms with Crippen LogP contribution in [0.25, 0.3) is 6.08 Å². The van der Waals surface area contributed by atoms with E-state index in [0.29, 0.717) is 0 Å². The lowest BCUT2D eigenvalue weighted by atomic mass is 10.2. The molecular weight excluding hydrogens is 284 g/mol. The van der Waals surface area contributed by atoms with Gasteiger partial charge in [-0.25, -0.2) is 0 Å². The van der Waals surface area contributed by atoms with E-state index in [-0.39, 0.29) is 0 Å². The Balaban J connectivity index is 1.75. The average Bonchev–Trinajstić information content (AvgIpc) is 3.13. The zero-order valence-electron chi connectivity index (χ0n) is 12.7. The Labute approximate surface area is 136 Å². The second-order valence-corrected chi connectivity index (χ2v) is 5.02. The van der Waals surface area contributed by atoms with Gasteiger partial charge in [-0.3, -0.25) is 5.01 Å². The topological polar surface area (TPSA) is 28.7 Å². The van der Waals surface area contributed by atoms with Crippen molar-refractivity contribution in [2.24, 2.45) is 5.10 Å². The average molecular weight is 302 g/mol. The Bertz CT molecular complexity index is 747. The van der Waals surface area contributed by atoms with Crippen LogP contribution < -0.4 is 5.01 Å². The Hall–Kier alpha value is -3.07. The number of rotatable bonds is 6. The standard InChI is InChI=1S/C20H18N2O/c1-3-9-18(10-4-1)17-22(19-11-5-2-6-12-19)21-15-7-13-20-14-8-16-23-20/h1-16H,17H2/b13-7+,21-15+. The molecule has 23 heavy (non-hydrogen) atoms. The minimum absolute atomic E-state index is 0.718. The van der Waals surface area contributed by atoms with Gasteiger partial charge in [0, 0.05) is 6.21 Å². The van der Waals surface area contributed by atoms with Crippen molar-refractivity contribution in [3.63, 3.8) is 0 Å². The van der Waals surface area contributed by atoms with E-state index in [2.05, 4.69) is 29.4 Å². The molecule has 0 aliphatic carbocycles. The van der Waals surface area contributed by atoms with Crippen LogP contribution in [-0.4, -0.2) is 6.21 Å². The van der Waals surface area contributed by atoms with E-state index in [1.165, 1.54) is 5.56 Å². The zero-order valence-corrected chi connectivity index (χ0v) is 12.7. The molecule has 0 aliphatic heterocycles. The summed E-state index contributed by atoms with van der Waals surface area (Å²) >= 11 is 0. The molecule has 3 rings (SSSR count). The summed E-state index contributed by atoms with van der Waals surface area (Å²) in [6.07, 6.45) is 7.19. The summed E-state index contributed by atoms with van der Waals surface area (Å²) in [4.78, 5) is 0. The van der Waals surface area contributed by atoms with Gasteiger partial charge in [0.2, 0.25) is 0 Å². The SMILES string of the molecule is C(=C\c1ccco1)/C=N/N(Cc1ccccc1)c1ccccc1. The van der Waals surface area contributed by atoms with Gasteiger partial charge in [0.05, 0.1) is 18.5 Å². The highest BCUT2D eigenvalue weighted by atomic mass is 16.3. The first-order chi connectivity index (χ1) is 11.4. The molecule has 0 aliphatic rings. The molecule has 0 saturated heterocycles. The summed E-state index contributed by atoms with van der Waals surface area (Å²) in [5, 5.41) is 6.54. The third-order valence-electron chi connectivity index (χ3n) is 3.33. The molecule has 0 unspecified atom stereocenters. The lowest BCUT2D eigenvalue weighted by molar-refractivity contribution is 0.557. The number of hydrazone groups is 1. The minimum atomic E-state index is 0.718. The van der Waals surface area contributed by atoms with Crippen molar-refractivity contribution in [3.05, 3.63) is 96.5 Å². The molecule has 0 amide bonds. The van der Waals surface area contributed by atoms with Crippen molar-refractivity contribution in [2.45, 2.75) is 6.54 Å². The summed E-state index contributed by atoms with van der Waals surface area (Å²) in [6, 6.07) is 24.2. The molecule has 2 aromatic carbocycles. The van der Waals surface area contributed by atoms with Gasteiger partial charge in [-0.15, -0.1) is 0 Å². The molecule has 0 atom stereocenters. The molecule has 3 heteroatoms. The third kappa shape index (κ3) is 4.45. The van der Waals surface area contributed by atoms with E-state index in [1.807, 2.05) is 65.7 Å². The number of para-hydroxylation sites is 1. The molecule has 1 aromatic heterocycles. The maximum Gasteiger partial charge on any atom is 0.126 e. The maximum absolute atomic E-state index is 5.26. The second kappa shape index (κ2) is 7.80. The van der Waals surface area contributed by atoms with Gasteiger partial charge < -0.3 is 4.42 Å². The Morgan fingerprint density at radius 3 is 2.30 bits per heavy atom. The predicted molar refractivity (Wildman–Crippen MR) is 95.3 cm³/mol. The fourth-order valence-corrected chi connectivity index (χ4v) is 2.20. The van der Waals surface area contributed by atoms with Crippen LogP contribution in [0.5, 0.6) is 0 Å². The summed E-state index contributed by atoms with van der Waals surface area (Å²) in [6.45, 7) is 0.718. The Kier molecular flexibility index (Phi) is 5.04. The zero-order chi connectivity index (χ0) is 15.7. The summed E-state index contributed by atoms with van der Waals surface area (Å²) in [5.41, 5.74) is 2.27. The van der Waals surface area contributed by atoms with Crippen molar-refractivity contribution < 1.29 is 4.42 Å². The van der Waals surface area contributed by atoms with Crippen LogP contribution in [0.4, 0.5) is 5.69 Å². The molecular formula is C20H18N2O. The first-order valence-corrected chi connectivity index (χ1v) is 7.52. The largest absolute Gasteiger partial charge is 0.465 e. The first-order valence-electron chi connectivity index (χ1n) is 7.52. The summed E-state index contributed by atoms with van der Waals surface area (Å²) in [5.74, 6) is 0.811. The number of furan rings is 1. The molecule has 1 heterocycles. The van der Waals surface area contributed by atoms with E-state index < -0.39 is 0 Å². The van der Waals surface area contributed by atoms with Crippen LogP contribution in [0.3, 0.4) is 0 Å². The fraction of sp³-hybridized carbons (Fsp3) is 0.0500. The number of hydrogen-bond acceptors (Lipinski definition) is 3. The number of hydrogen-bond donors (Lipinski definition) is 0. The van der Waals surface area contributed by atoms with Gasteiger partial charge in [-0.2, -0.15) is 5.10 Å². The highest BCUT2D eigenvalue weighted by Crippen LogP contribution is 2.17. The van der Waals surface area contributed by atoms with E-state index in [0.717, 1.165) is 18.0 Å². The molecule has 0 spiro atoms. The van der Waals surface area contributed by atoms with Crippen molar-refractivity contribution in [1.82, 2.24) is 0 Å². The first kappa shape index (κ1) is 14.9. The number of allylic oxidation sites excluding steroid dienone is 1. The van der Waals surface area contributed by atoms with E-state index in [9.17, 15) is 0 Å². The van der Waals surface area contributed by atoms with Crippen molar-refractivity contribution in [1.29, 1.82) is 0 Å². The third-order valence-corrected chi connectivity index (χ3v) is 3.33. The van der Waals surface area contributed by atoms with Gasteiger partial charge in [0.25, 0.3) is 0 Å². The van der Waals surface area contributed by atoms with Crippen molar-refractivity contribution >= 4 is 18.0 Å². The van der Waals surface area contributed by atoms with E-state index in [4.69, 9.17) is 4.42 Å². The van der Waals surface area contributed by atoms with E-state index in [1.54, 1.807) is 12.5 Å². The van der Waals surface area contributed by atoms with Gasteiger partial charge in [-0.1, -0.05) is 48.5 Å². The molecule has 3 nitrogen and oxygen atoms in total. The molecule has 3 aromatic rings. The lowest BCUT2D eigenvalue weighted by Crippen LogP contribution is -2.15. The van der Waals surface area contributed by atoms with Crippen molar-refractivity contribution in [3.8, 4) is 0 Å². The van der Waals surface area contributed by atoms with Crippen LogP contribution in [0.1, 0.15) is 11.3 Å². The van der Waals surface area contributed by atoms with Gasteiger partial charge >= 0.3 is 0 Å². The molecule has 0 saturated carbocycles. The van der Waals surface area contributed by atoms with Crippen molar-refractivity contribution in [2.75, 3.05) is 5.01 Å². The monoisotopic (exact) mass is 302 g/mol. The Morgan fingerprint density at radius 2 is 1.61 bits per heavy atom. The number of anilines is 1. The quantitative estimate of drug-likeness (QED) is 0.474. The highest BCUT2D eigenvalue weighted by Gasteiger charge is 2.04. The highest BCUT2D eigenvalue weighted by molar-refractivity contribution is 5.78. The van der Waals surface area contributed by atoms with Gasteiger partial charge in [0.1, 0.15) is 5.76 Å². The summed E-state index contributed by atoms with van der Waals surface area (Å²) < 4.78 is 5.26. The molecule has 0 N–H and O–H groups in total. The molecule has 0 fully saturated rings. The van der Waals surface area contributed by atoms with Gasteiger partial charge in [-0.05, 0) is 42.0 Å². The normalized spacial score (nSPS) is 11.3. The Morgan fingerprint density at radius 1 is 0.870 bits per heavy atom. The second-order valence-electron chi connectivity index (χ2n) is 5.02. The lowest BCUT2D eigenvalue weighted by Gasteiger charge is -2.19. The van der Waals surface area contributed by atoms with Crippen LogP contribution in [0, 0.1) is 0 Å². The number of nitrogens with zero attached hydrogens (tertiary/aromatic N) is 2. The van der Waals surface area contributed by atoms with Crippen LogP contribution >= 0.6 is 0 Å². The molecule has 114 valence electrons. The minimum Gasteiger partial charge on any atom is -0.465 e. The number of benzene rings is 2. The van der Waals surface area contributed by atoms with Crippen LogP contribution in [0.15, 0.2) is 94.7 Å². The van der Waals surface area contributed by atoms with E-state index >= 15 is 0 Å². The fourth-order valence-electron chi connectivity index (χ4n) is 2.20. The van der Waals surface area contributed by atoms with Crippen LogP contribution in [-0.2, 0) is 6.54 Å². The van der Waals surface area contributed by atoms with Gasteiger partial charge in [0.15, 0.2) is 0 Å². The smallest absolute Gasteiger partial charge is 0.126 e. The molecule has 0 radical (unpaired) electrons. The summed E-state index contributed by atoms with van der Waals surface area (Å²) in [7, 11) is 0.